The standard InChI is InChI=1S/C25H21F3N2O4/c1-2-3-11-30-22(31)21-13-18(9-10-20(21)23(30)34-24(32)25(26,27)28)33-19-12-17(14-29-15-19)16-7-5-4-6-8-16/h4-10,12-15,23H,2-3,11H2,1H3. The first-order chi connectivity index (χ1) is 16.3. The third-order valence-corrected chi connectivity index (χ3v) is 5.32. The van der Waals surface area contributed by atoms with E-state index >= 15 is 0 Å². The highest BCUT2D eigenvalue weighted by Gasteiger charge is 2.46. The molecule has 2 heterocycles. The molecule has 0 aliphatic carbocycles. The number of carbonyl (C=O) groups excluding carboxylic acids is 2. The van der Waals surface area contributed by atoms with Crippen LogP contribution in [0.25, 0.3) is 11.1 Å². The van der Waals surface area contributed by atoms with Crippen molar-refractivity contribution in [3.8, 4) is 22.6 Å². The third kappa shape index (κ3) is 4.88. The number of benzene rings is 2. The van der Waals surface area contributed by atoms with Crippen LogP contribution in [0.15, 0.2) is 67.0 Å². The number of hydrogen-bond acceptors (Lipinski definition) is 5. The van der Waals surface area contributed by atoms with Crippen molar-refractivity contribution in [2.75, 3.05) is 6.54 Å². The van der Waals surface area contributed by atoms with Crippen molar-refractivity contribution in [1.82, 2.24) is 9.88 Å². The number of alkyl halides is 3. The van der Waals surface area contributed by atoms with E-state index in [0.717, 1.165) is 16.0 Å². The second-order valence-electron chi connectivity index (χ2n) is 7.73. The number of pyridine rings is 1. The van der Waals surface area contributed by atoms with Crippen LogP contribution in [-0.4, -0.2) is 34.5 Å². The zero-order valence-corrected chi connectivity index (χ0v) is 18.2. The van der Waals surface area contributed by atoms with Gasteiger partial charge in [0.25, 0.3) is 5.91 Å². The minimum absolute atomic E-state index is 0.126. The first-order valence-electron chi connectivity index (χ1n) is 10.7. The average molecular weight is 470 g/mol. The molecule has 9 heteroatoms. The van der Waals surface area contributed by atoms with Crippen LogP contribution in [0.1, 0.15) is 41.9 Å². The van der Waals surface area contributed by atoms with Gasteiger partial charge >= 0.3 is 12.1 Å². The Kier molecular flexibility index (Phi) is 6.54. The Morgan fingerprint density at radius 2 is 1.79 bits per heavy atom. The van der Waals surface area contributed by atoms with Crippen LogP contribution in [0.4, 0.5) is 13.2 Å². The molecule has 0 fully saturated rings. The summed E-state index contributed by atoms with van der Waals surface area (Å²) >= 11 is 0. The highest BCUT2D eigenvalue weighted by molar-refractivity contribution is 5.99. The van der Waals surface area contributed by atoms with E-state index in [1.54, 1.807) is 12.3 Å². The fraction of sp³-hybridized carbons (Fsp3) is 0.240. The predicted octanol–water partition coefficient (Wildman–Crippen LogP) is 5.90. The van der Waals surface area contributed by atoms with E-state index in [1.807, 2.05) is 37.3 Å². The molecule has 2 aromatic carbocycles. The number of unbranched alkanes of at least 4 members (excludes halogenated alkanes) is 1. The molecular weight excluding hydrogens is 449 g/mol. The molecule has 1 atom stereocenters. The Labute approximate surface area is 193 Å². The minimum Gasteiger partial charge on any atom is -0.456 e. The number of esters is 1. The van der Waals surface area contributed by atoms with Crippen molar-refractivity contribution in [2.45, 2.75) is 32.2 Å². The maximum atomic E-state index is 13.0. The second-order valence-corrected chi connectivity index (χ2v) is 7.73. The lowest BCUT2D eigenvalue weighted by Gasteiger charge is -2.25. The van der Waals surface area contributed by atoms with Crippen molar-refractivity contribution in [2.24, 2.45) is 0 Å². The number of hydrogen-bond donors (Lipinski definition) is 0. The number of aromatic nitrogens is 1. The number of halogens is 3. The molecule has 0 radical (unpaired) electrons. The smallest absolute Gasteiger partial charge is 0.456 e. The van der Waals surface area contributed by atoms with Crippen LogP contribution in [0, 0.1) is 0 Å². The summed E-state index contributed by atoms with van der Waals surface area (Å²) in [7, 11) is 0. The summed E-state index contributed by atoms with van der Waals surface area (Å²) in [6.07, 6.45) is -2.15. The molecule has 0 N–H and O–H groups in total. The number of fused-ring (bicyclic) bond motifs is 1. The van der Waals surface area contributed by atoms with Gasteiger partial charge in [-0.1, -0.05) is 43.7 Å². The summed E-state index contributed by atoms with van der Waals surface area (Å²) in [5.41, 5.74) is 2.09. The number of nitrogens with zero attached hydrogens (tertiary/aromatic N) is 2. The summed E-state index contributed by atoms with van der Waals surface area (Å²) in [4.78, 5) is 29.8. The highest BCUT2D eigenvalue weighted by atomic mass is 19.4. The van der Waals surface area contributed by atoms with Gasteiger partial charge in [0.15, 0.2) is 0 Å². The molecule has 176 valence electrons. The summed E-state index contributed by atoms with van der Waals surface area (Å²) in [6, 6.07) is 15.8. The van der Waals surface area contributed by atoms with Crippen LogP contribution >= 0.6 is 0 Å². The van der Waals surface area contributed by atoms with Gasteiger partial charge in [-0.2, -0.15) is 13.2 Å². The van der Waals surface area contributed by atoms with Gasteiger partial charge in [0, 0.05) is 23.9 Å². The van der Waals surface area contributed by atoms with Gasteiger partial charge in [0.05, 0.1) is 11.8 Å². The molecule has 0 bridgehead atoms. The first-order valence-corrected chi connectivity index (χ1v) is 10.7. The van der Waals surface area contributed by atoms with Gasteiger partial charge in [0.2, 0.25) is 6.23 Å². The Morgan fingerprint density at radius 3 is 2.50 bits per heavy atom. The molecular formula is C25H21F3N2O4. The SMILES string of the molecule is CCCCN1C(=O)c2cc(Oc3cncc(-c4ccccc4)c3)ccc2C1OC(=O)C(F)(F)F. The minimum atomic E-state index is -5.16. The molecule has 0 spiro atoms. The Morgan fingerprint density at radius 1 is 1.03 bits per heavy atom. The molecule has 1 aliphatic heterocycles. The van der Waals surface area contributed by atoms with Crippen molar-refractivity contribution in [1.29, 1.82) is 0 Å². The Balaban J connectivity index is 1.61. The van der Waals surface area contributed by atoms with Crippen molar-refractivity contribution in [3.63, 3.8) is 0 Å². The van der Waals surface area contributed by atoms with Crippen molar-refractivity contribution < 1.29 is 32.2 Å². The molecule has 0 saturated heterocycles. The van der Waals surface area contributed by atoms with E-state index in [-0.39, 0.29) is 17.7 Å². The summed E-state index contributed by atoms with van der Waals surface area (Å²) in [6.45, 7) is 2.03. The van der Waals surface area contributed by atoms with E-state index in [0.29, 0.717) is 24.3 Å². The van der Waals surface area contributed by atoms with Crippen LogP contribution in [0.3, 0.4) is 0 Å². The normalized spacial score (nSPS) is 15.2. The quantitative estimate of drug-likeness (QED) is 0.402. The van der Waals surface area contributed by atoms with Gasteiger partial charge < -0.3 is 9.47 Å². The zero-order valence-electron chi connectivity index (χ0n) is 18.2. The van der Waals surface area contributed by atoms with E-state index in [4.69, 9.17) is 9.47 Å². The highest BCUT2D eigenvalue weighted by Crippen LogP contribution is 2.39. The van der Waals surface area contributed by atoms with Gasteiger partial charge in [-0.25, -0.2) is 4.79 Å². The molecule has 4 rings (SSSR count). The lowest BCUT2D eigenvalue weighted by molar-refractivity contribution is -0.211. The van der Waals surface area contributed by atoms with Crippen molar-refractivity contribution >= 4 is 11.9 Å². The lowest BCUT2D eigenvalue weighted by atomic mass is 10.1. The number of rotatable bonds is 7. The summed E-state index contributed by atoms with van der Waals surface area (Å²) < 4.78 is 49.0. The Hall–Kier alpha value is -3.88. The van der Waals surface area contributed by atoms with E-state index < -0.39 is 24.3 Å². The van der Waals surface area contributed by atoms with Crippen LogP contribution in [0.2, 0.25) is 0 Å². The maximum Gasteiger partial charge on any atom is 0.491 e. The molecule has 1 amide bonds. The molecule has 3 aromatic rings. The Bertz CT molecular complexity index is 1200. The summed E-state index contributed by atoms with van der Waals surface area (Å²) in [5.74, 6) is -2.14. The maximum absolute atomic E-state index is 13.0. The van der Waals surface area contributed by atoms with Gasteiger partial charge in [-0.3, -0.25) is 14.7 Å². The van der Waals surface area contributed by atoms with Crippen molar-refractivity contribution in [3.05, 3.63) is 78.1 Å². The fourth-order valence-electron chi connectivity index (χ4n) is 3.67. The monoisotopic (exact) mass is 470 g/mol. The zero-order chi connectivity index (χ0) is 24.3. The number of amides is 1. The average Bonchev–Trinajstić information content (AvgIpc) is 3.08. The van der Waals surface area contributed by atoms with Crippen LogP contribution in [0.5, 0.6) is 11.5 Å². The van der Waals surface area contributed by atoms with Crippen LogP contribution in [-0.2, 0) is 9.53 Å². The van der Waals surface area contributed by atoms with E-state index in [2.05, 4.69) is 4.98 Å². The molecule has 6 nitrogen and oxygen atoms in total. The third-order valence-electron chi connectivity index (χ3n) is 5.32. The number of carbonyl (C=O) groups is 2. The van der Waals surface area contributed by atoms with E-state index in [9.17, 15) is 22.8 Å². The molecule has 1 aromatic heterocycles. The lowest BCUT2D eigenvalue weighted by Crippen LogP contribution is -2.35. The molecule has 1 unspecified atom stereocenters. The fourth-order valence-corrected chi connectivity index (χ4v) is 3.67. The largest absolute Gasteiger partial charge is 0.491 e. The molecule has 34 heavy (non-hydrogen) atoms. The van der Waals surface area contributed by atoms with E-state index in [1.165, 1.54) is 24.4 Å². The molecule has 0 saturated carbocycles. The molecule has 1 aliphatic rings. The van der Waals surface area contributed by atoms with Gasteiger partial charge in [0.1, 0.15) is 11.5 Å². The van der Waals surface area contributed by atoms with Gasteiger partial charge in [-0.05, 0) is 36.2 Å². The number of ether oxygens (including phenoxy) is 2. The predicted molar refractivity (Wildman–Crippen MR) is 117 cm³/mol. The summed E-state index contributed by atoms with van der Waals surface area (Å²) in [5, 5.41) is 0. The van der Waals surface area contributed by atoms with Gasteiger partial charge in [-0.15, -0.1) is 0 Å². The second kappa shape index (κ2) is 9.54. The topological polar surface area (TPSA) is 68.7 Å². The van der Waals surface area contributed by atoms with Crippen LogP contribution < -0.4 is 4.74 Å². The first kappa shape index (κ1) is 23.3.